The first-order valence-corrected chi connectivity index (χ1v) is 7.12. The molecule has 1 N–H and O–H groups in total. The zero-order chi connectivity index (χ0) is 14.5. The topological polar surface area (TPSA) is 73.2 Å². The van der Waals surface area contributed by atoms with E-state index in [-0.39, 0.29) is 29.3 Å². The largest absolute Gasteiger partial charge is 0.376 e. The summed E-state index contributed by atoms with van der Waals surface area (Å²) in [5.41, 5.74) is 0.0819. The minimum absolute atomic E-state index is 0.0571. The van der Waals surface area contributed by atoms with E-state index < -0.39 is 0 Å². The van der Waals surface area contributed by atoms with Crippen LogP contribution in [0.5, 0.6) is 0 Å². The van der Waals surface area contributed by atoms with Crippen LogP contribution in [0.25, 0.3) is 0 Å². The van der Waals surface area contributed by atoms with E-state index in [1.807, 2.05) is 13.8 Å². The van der Waals surface area contributed by atoms with Gasteiger partial charge in [-0.15, -0.1) is 0 Å². The Balaban J connectivity index is 2.04. The van der Waals surface area contributed by atoms with Crippen LogP contribution in [0, 0.1) is 0 Å². The zero-order valence-corrected chi connectivity index (χ0v) is 12.0. The van der Waals surface area contributed by atoms with E-state index in [2.05, 4.69) is 10.4 Å². The maximum Gasteiger partial charge on any atom is 0.272 e. The van der Waals surface area contributed by atoms with Crippen LogP contribution in [0.15, 0.2) is 16.9 Å². The maximum atomic E-state index is 12.1. The third-order valence-corrected chi connectivity index (χ3v) is 3.42. The first-order valence-electron chi connectivity index (χ1n) is 7.12. The van der Waals surface area contributed by atoms with Gasteiger partial charge in [-0.3, -0.25) is 9.59 Å². The van der Waals surface area contributed by atoms with Gasteiger partial charge in [0.2, 0.25) is 0 Å². The normalized spacial score (nSPS) is 19.8. The number of carbonyl (C=O) groups is 1. The summed E-state index contributed by atoms with van der Waals surface area (Å²) in [4.78, 5) is 23.7. The molecule has 1 aliphatic heterocycles. The second-order valence-corrected chi connectivity index (χ2v) is 5.09. The number of aryl methyl sites for hydroxylation is 1. The van der Waals surface area contributed by atoms with Crippen LogP contribution in [0.4, 0.5) is 0 Å². The Morgan fingerprint density at radius 2 is 2.40 bits per heavy atom. The number of carbonyl (C=O) groups excluding carboxylic acids is 1. The molecule has 0 bridgehead atoms. The SMILES string of the molecule is CCCn1nc(C(=O)N[C@H](C)[C@@H]2CCCO2)ccc1=O. The van der Waals surface area contributed by atoms with Crippen LogP contribution in [0.3, 0.4) is 0 Å². The van der Waals surface area contributed by atoms with Crippen molar-refractivity contribution in [2.45, 2.75) is 51.8 Å². The summed E-state index contributed by atoms with van der Waals surface area (Å²) in [6.07, 6.45) is 2.86. The van der Waals surface area contributed by atoms with Gasteiger partial charge in [0, 0.05) is 19.2 Å². The average molecular weight is 279 g/mol. The van der Waals surface area contributed by atoms with Crippen LogP contribution in [-0.4, -0.2) is 34.4 Å². The lowest BCUT2D eigenvalue weighted by Crippen LogP contribution is -2.41. The lowest BCUT2D eigenvalue weighted by atomic mass is 10.1. The third kappa shape index (κ3) is 3.45. The molecule has 2 rings (SSSR count). The van der Waals surface area contributed by atoms with Crippen molar-refractivity contribution in [3.8, 4) is 0 Å². The first kappa shape index (κ1) is 14.7. The molecule has 1 fully saturated rings. The number of hydrogen-bond donors (Lipinski definition) is 1. The Morgan fingerprint density at radius 3 is 3.05 bits per heavy atom. The molecule has 110 valence electrons. The minimum atomic E-state index is -0.266. The number of aromatic nitrogens is 2. The Labute approximate surface area is 118 Å². The highest BCUT2D eigenvalue weighted by Gasteiger charge is 2.24. The molecular weight excluding hydrogens is 258 g/mol. The molecule has 1 aromatic heterocycles. The standard InChI is InChI=1S/C14H21N3O3/c1-3-8-17-13(18)7-6-11(16-17)14(19)15-10(2)12-5-4-9-20-12/h6-7,10,12H,3-5,8-9H2,1-2H3,(H,15,19)/t10-,12+/m1/s1. The summed E-state index contributed by atoms with van der Waals surface area (Å²) in [5, 5.41) is 6.98. The lowest BCUT2D eigenvalue weighted by Gasteiger charge is -2.19. The summed E-state index contributed by atoms with van der Waals surface area (Å²) in [7, 11) is 0. The maximum absolute atomic E-state index is 12.1. The van der Waals surface area contributed by atoms with Crippen LogP contribution in [-0.2, 0) is 11.3 Å². The van der Waals surface area contributed by atoms with Gasteiger partial charge in [0.05, 0.1) is 12.1 Å². The molecule has 1 saturated heterocycles. The number of nitrogens with one attached hydrogen (secondary N) is 1. The van der Waals surface area contributed by atoms with Gasteiger partial charge in [-0.25, -0.2) is 4.68 Å². The van der Waals surface area contributed by atoms with Gasteiger partial charge in [-0.2, -0.15) is 5.10 Å². The van der Waals surface area contributed by atoms with Crippen molar-refractivity contribution in [1.82, 2.24) is 15.1 Å². The number of hydrogen-bond acceptors (Lipinski definition) is 4. The number of nitrogens with zero attached hydrogens (tertiary/aromatic N) is 2. The molecule has 1 aromatic rings. The summed E-state index contributed by atoms with van der Waals surface area (Å²) in [6.45, 7) is 5.15. The van der Waals surface area contributed by atoms with E-state index >= 15 is 0 Å². The van der Waals surface area contributed by atoms with E-state index in [1.54, 1.807) is 0 Å². The predicted molar refractivity (Wildman–Crippen MR) is 74.7 cm³/mol. The van der Waals surface area contributed by atoms with E-state index in [0.717, 1.165) is 25.9 Å². The Kier molecular flexibility index (Phi) is 4.89. The van der Waals surface area contributed by atoms with Gasteiger partial charge in [0.15, 0.2) is 0 Å². The second kappa shape index (κ2) is 6.65. The monoisotopic (exact) mass is 279 g/mol. The van der Waals surface area contributed by atoms with Gasteiger partial charge in [-0.1, -0.05) is 6.92 Å². The number of ether oxygens (including phenoxy) is 1. The molecule has 2 atom stereocenters. The van der Waals surface area contributed by atoms with E-state index in [1.165, 1.54) is 16.8 Å². The van der Waals surface area contributed by atoms with Crippen LogP contribution >= 0.6 is 0 Å². The van der Waals surface area contributed by atoms with E-state index in [0.29, 0.717) is 6.54 Å². The molecule has 6 nitrogen and oxygen atoms in total. The smallest absolute Gasteiger partial charge is 0.272 e. The molecule has 0 saturated carbocycles. The van der Waals surface area contributed by atoms with Gasteiger partial charge < -0.3 is 10.1 Å². The van der Waals surface area contributed by atoms with Gasteiger partial charge >= 0.3 is 0 Å². The van der Waals surface area contributed by atoms with Crippen molar-refractivity contribution in [3.63, 3.8) is 0 Å². The fourth-order valence-corrected chi connectivity index (χ4v) is 2.31. The Bertz CT molecular complexity index is 521. The van der Waals surface area contributed by atoms with E-state index in [9.17, 15) is 9.59 Å². The molecule has 0 aromatic carbocycles. The molecule has 1 amide bonds. The molecule has 20 heavy (non-hydrogen) atoms. The summed E-state index contributed by atoms with van der Waals surface area (Å²) < 4.78 is 6.87. The Morgan fingerprint density at radius 1 is 1.60 bits per heavy atom. The predicted octanol–water partition coefficient (Wildman–Crippen LogP) is 0.951. The average Bonchev–Trinajstić information content (AvgIpc) is 2.95. The van der Waals surface area contributed by atoms with Gasteiger partial charge in [-0.05, 0) is 32.3 Å². The molecular formula is C14H21N3O3. The molecule has 0 radical (unpaired) electrons. The van der Waals surface area contributed by atoms with Gasteiger partial charge in [0.1, 0.15) is 5.69 Å². The Hall–Kier alpha value is -1.69. The highest BCUT2D eigenvalue weighted by Crippen LogP contribution is 2.15. The fourth-order valence-electron chi connectivity index (χ4n) is 2.31. The van der Waals surface area contributed by atoms with Crippen molar-refractivity contribution < 1.29 is 9.53 Å². The summed E-state index contributed by atoms with van der Waals surface area (Å²) >= 11 is 0. The number of amides is 1. The quantitative estimate of drug-likeness (QED) is 0.871. The second-order valence-electron chi connectivity index (χ2n) is 5.09. The third-order valence-electron chi connectivity index (χ3n) is 3.42. The lowest BCUT2D eigenvalue weighted by molar-refractivity contribution is 0.0708. The minimum Gasteiger partial charge on any atom is -0.376 e. The molecule has 2 heterocycles. The molecule has 0 spiro atoms. The fraction of sp³-hybridized carbons (Fsp3) is 0.643. The van der Waals surface area contributed by atoms with Gasteiger partial charge in [0.25, 0.3) is 11.5 Å². The highest BCUT2D eigenvalue weighted by atomic mass is 16.5. The van der Waals surface area contributed by atoms with E-state index in [4.69, 9.17) is 4.74 Å². The van der Waals surface area contributed by atoms with Crippen LogP contribution < -0.4 is 10.9 Å². The van der Waals surface area contributed by atoms with Crippen molar-refractivity contribution in [2.75, 3.05) is 6.61 Å². The van der Waals surface area contributed by atoms with Crippen LogP contribution in [0.1, 0.15) is 43.6 Å². The first-order chi connectivity index (χ1) is 9.61. The zero-order valence-electron chi connectivity index (χ0n) is 12.0. The van der Waals surface area contributed by atoms with Crippen LogP contribution in [0.2, 0.25) is 0 Å². The number of rotatable bonds is 5. The molecule has 0 aliphatic carbocycles. The van der Waals surface area contributed by atoms with Crippen molar-refractivity contribution in [2.24, 2.45) is 0 Å². The van der Waals surface area contributed by atoms with Crippen molar-refractivity contribution >= 4 is 5.91 Å². The highest BCUT2D eigenvalue weighted by molar-refractivity contribution is 5.92. The van der Waals surface area contributed by atoms with Crippen molar-refractivity contribution in [3.05, 3.63) is 28.2 Å². The van der Waals surface area contributed by atoms with Crippen molar-refractivity contribution in [1.29, 1.82) is 0 Å². The molecule has 0 unspecified atom stereocenters. The molecule has 1 aliphatic rings. The summed E-state index contributed by atoms with van der Waals surface area (Å²) in [5.74, 6) is -0.266. The molecule has 6 heteroatoms. The summed E-state index contributed by atoms with van der Waals surface area (Å²) in [6, 6.07) is 2.79.